The van der Waals surface area contributed by atoms with Crippen LogP contribution in [-0.4, -0.2) is 62.8 Å². The van der Waals surface area contributed by atoms with Gasteiger partial charge in [-0.05, 0) is 49.9 Å². The first-order chi connectivity index (χ1) is 17.7. The number of rotatable bonds is 4. The van der Waals surface area contributed by atoms with Crippen molar-refractivity contribution in [2.75, 3.05) is 31.1 Å². The van der Waals surface area contributed by atoms with E-state index in [0.29, 0.717) is 42.1 Å². The lowest BCUT2D eigenvalue weighted by Gasteiger charge is -2.38. The average Bonchev–Trinajstić information content (AvgIpc) is 3.39. The number of carbonyl (C=O) groups is 2. The van der Waals surface area contributed by atoms with Crippen molar-refractivity contribution < 1.29 is 9.59 Å². The molecule has 0 radical (unpaired) electrons. The van der Waals surface area contributed by atoms with Crippen molar-refractivity contribution in [2.24, 2.45) is 4.99 Å². The molecule has 2 aliphatic rings. The van der Waals surface area contributed by atoms with E-state index in [9.17, 15) is 9.59 Å². The molecule has 2 aromatic heterocycles. The highest BCUT2D eigenvalue weighted by molar-refractivity contribution is 14.1. The second-order valence-electron chi connectivity index (χ2n) is 9.76. The van der Waals surface area contributed by atoms with E-state index in [2.05, 4.69) is 73.1 Å². The number of aliphatic imine (C=N–C) groups is 1. The number of alkyl halides is 1. The van der Waals surface area contributed by atoms with Gasteiger partial charge in [0, 0.05) is 40.7 Å². The van der Waals surface area contributed by atoms with Crippen LogP contribution in [0.4, 0.5) is 11.6 Å². The van der Waals surface area contributed by atoms with Gasteiger partial charge in [-0.1, -0.05) is 28.7 Å². The Morgan fingerprint density at radius 3 is 2.65 bits per heavy atom. The summed E-state index contributed by atoms with van der Waals surface area (Å²) in [6.07, 6.45) is 1.87. The van der Waals surface area contributed by atoms with E-state index in [-0.39, 0.29) is 28.8 Å². The highest BCUT2D eigenvalue weighted by Crippen LogP contribution is 2.26. The second kappa shape index (κ2) is 9.80. The Balaban J connectivity index is 1.20. The number of nitrogen functional groups attached to an aromatic ring is 2. The summed E-state index contributed by atoms with van der Waals surface area (Å²) < 4.78 is 0.503. The Hall–Kier alpha value is -3.42. The highest BCUT2D eigenvalue weighted by atomic mass is 127. The van der Waals surface area contributed by atoms with E-state index in [0.717, 1.165) is 29.6 Å². The quantitative estimate of drug-likeness (QED) is 0.219. The molecule has 0 unspecified atom stereocenters. The standard InChI is InChI=1S/C25H30IN9O2/c1-13-14(2)30-17-4-3-15(9-16(13)17)10-19(36)35-7-5-25(6-8-35)12-29-24(34-25)33-23(37)20-22(28)32-21(27)18(11-26)31-20/h3-4,9,30H,5-8,10-12H2,1-2H3,(H4,27,28,32)(H2,29,33,34,37). The molecule has 5 rings (SSSR count). The lowest BCUT2D eigenvalue weighted by Crippen LogP contribution is -2.54. The first-order valence-electron chi connectivity index (χ1n) is 12.2. The minimum atomic E-state index is -0.583. The van der Waals surface area contributed by atoms with Crippen LogP contribution in [0.1, 0.15) is 45.8 Å². The van der Waals surface area contributed by atoms with Crippen LogP contribution >= 0.6 is 22.6 Å². The first-order valence-corrected chi connectivity index (χ1v) is 13.7. The van der Waals surface area contributed by atoms with E-state index in [1.54, 1.807) is 0 Å². The maximum Gasteiger partial charge on any atom is 0.302 e. The number of carbonyl (C=O) groups excluding carboxylic acids is 2. The molecule has 1 aromatic carbocycles. The summed E-state index contributed by atoms with van der Waals surface area (Å²) >= 11 is 2.10. The van der Waals surface area contributed by atoms with Crippen LogP contribution in [0.15, 0.2) is 23.2 Å². The summed E-state index contributed by atoms with van der Waals surface area (Å²) in [5, 5.41) is 7.71. The fraction of sp³-hybridized carbons (Fsp3) is 0.400. The third kappa shape index (κ3) is 4.93. The molecule has 2 amide bonds. The number of anilines is 2. The van der Waals surface area contributed by atoms with Crippen molar-refractivity contribution >= 4 is 62.9 Å². The van der Waals surface area contributed by atoms with Gasteiger partial charge < -0.3 is 32.0 Å². The molecule has 7 N–H and O–H groups in total. The summed E-state index contributed by atoms with van der Waals surface area (Å²) in [5.41, 5.74) is 16.4. The number of fused-ring (bicyclic) bond motifs is 1. The molecule has 0 atom stereocenters. The predicted octanol–water partition coefficient (Wildman–Crippen LogP) is 1.97. The maximum atomic E-state index is 13.1. The number of benzene rings is 1. The van der Waals surface area contributed by atoms with Crippen LogP contribution in [0.2, 0.25) is 0 Å². The average molecular weight is 615 g/mol. The number of nitrogens with zero attached hydrogens (tertiary/aromatic N) is 4. The van der Waals surface area contributed by atoms with Gasteiger partial charge >= 0.3 is 5.91 Å². The van der Waals surface area contributed by atoms with Gasteiger partial charge in [0.1, 0.15) is 5.82 Å². The van der Waals surface area contributed by atoms with Gasteiger partial charge in [-0.3, -0.25) is 9.59 Å². The summed E-state index contributed by atoms with van der Waals surface area (Å²) in [4.78, 5) is 43.5. The summed E-state index contributed by atoms with van der Waals surface area (Å²) in [7, 11) is 0. The van der Waals surface area contributed by atoms with Crippen LogP contribution in [0.5, 0.6) is 0 Å². The van der Waals surface area contributed by atoms with E-state index < -0.39 is 5.91 Å². The molecule has 0 bridgehead atoms. The summed E-state index contributed by atoms with van der Waals surface area (Å²) in [6, 6.07) is 6.18. The molecule has 194 valence electrons. The number of aromatic amines is 1. The largest absolute Gasteiger partial charge is 0.382 e. The van der Waals surface area contributed by atoms with Gasteiger partial charge in [-0.2, -0.15) is 4.99 Å². The van der Waals surface area contributed by atoms with Gasteiger partial charge in [-0.25, -0.2) is 9.97 Å². The van der Waals surface area contributed by atoms with Crippen molar-refractivity contribution in [3.05, 3.63) is 46.4 Å². The van der Waals surface area contributed by atoms with Crippen molar-refractivity contribution in [2.45, 2.75) is 43.1 Å². The number of hydrogen-bond donors (Lipinski definition) is 5. The molecule has 2 fully saturated rings. The number of likely N-dealkylation sites (tertiary alicyclic amines) is 1. The van der Waals surface area contributed by atoms with Crippen molar-refractivity contribution in [1.29, 1.82) is 0 Å². The number of nitrogens with one attached hydrogen (secondary N) is 3. The number of nitrogens with two attached hydrogens (primary N) is 2. The molecule has 12 heteroatoms. The topological polar surface area (TPSA) is 167 Å². The van der Waals surface area contributed by atoms with Gasteiger partial charge in [0.15, 0.2) is 17.5 Å². The van der Waals surface area contributed by atoms with Crippen LogP contribution < -0.4 is 22.1 Å². The van der Waals surface area contributed by atoms with Crippen LogP contribution in [-0.2, 0) is 15.6 Å². The third-order valence-corrected chi connectivity index (χ3v) is 8.07. The molecule has 0 aliphatic carbocycles. The molecule has 11 nitrogen and oxygen atoms in total. The zero-order valence-corrected chi connectivity index (χ0v) is 23.0. The monoisotopic (exact) mass is 615 g/mol. The fourth-order valence-electron chi connectivity index (χ4n) is 4.96. The lowest BCUT2D eigenvalue weighted by atomic mass is 9.88. The Bertz CT molecular complexity index is 1420. The number of H-pyrrole nitrogens is 1. The minimum absolute atomic E-state index is 0.0125. The van der Waals surface area contributed by atoms with Crippen LogP contribution in [0.25, 0.3) is 10.9 Å². The Morgan fingerprint density at radius 2 is 1.92 bits per heavy atom. The Morgan fingerprint density at radius 1 is 1.16 bits per heavy atom. The maximum absolute atomic E-state index is 13.1. The number of guanidine groups is 1. The number of halogens is 1. The first kappa shape index (κ1) is 25.2. The van der Waals surface area contributed by atoms with Gasteiger partial charge in [0.2, 0.25) is 5.91 Å². The number of aryl methyl sites for hydroxylation is 2. The molecule has 1 spiro atoms. The summed E-state index contributed by atoms with van der Waals surface area (Å²) in [6.45, 7) is 6.04. The third-order valence-electron chi connectivity index (χ3n) is 7.35. The van der Waals surface area contributed by atoms with Crippen LogP contribution in [0.3, 0.4) is 0 Å². The van der Waals surface area contributed by atoms with Gasteiger partial charge in [0.05, 0.1) is 17.7 Å². The SMILES string of the molecule is Cc1[nH]c2ccc(CC(=O)N3CCC4(CC3)CN/C(=N\C(=O)c3nc(CI)c(N)nc3N)N4)cc2c1C. The van der Waals surface area contributed by atoms with Crippen molar-refractivity contribution in [1.82, 2.24) is 30.5 Å². The van der Waals surface area contributed by atoms with E-state index in [1.807, 2.05) is 17.0 Å². The smallest absolute Gasteiger partial charge is 0.302 e. The molecule has 4 heterocycles. The second-order valence-corrected chi connectivity index (χ2v) is 10.5. The highest BCUT2D eigenvalue weighted by Gasteiger charge is 2.40. The Labute approximate surface area is 228 Å². The van der Waals surface area contributed by atoms with E-state index in [1.165, 1.54) is 10.9 Å². The van der Waals surface area contributed by atoms with E-state index >= 15 is 0 Å². The van der Waals surface area contributed by atoms with Gasteiger partial charge in [0.25, 0.3) is 0 Å². The van der Waals surface area contributed by atoms with Crippen molar-refractivity contribution in [3.63, 3.8) is 0 Å². The Kier molecular flexibility index (Phi) is 6.68. The molecular weight excluding hydrogens is 585 g/mol. The number of hydrogen-bond acceptors (Lipinski definition) is 6. The normalized spacial score (nSPS) is 17.8. The van der Waals surface area contributed by atoms with Crippen molar-refractivity contribution in [3.8, 4) is 0 Å². The number of aromatic nitrogens is 3. The molecule has 3 aromatic rings. The van der Waals surface area contributed by atoms with Gasteiger partial charge in [-0.15, -0.1) is 0 Å². The molecule has 2 aliphatic heterocycles. The zero-order valence-electron chi connectivity index (χ0n) is 20.8. The molecule has 0 saturated carbocycles. The minimum Gasteiger partial charge on any atom is -0.382 e. The number of amides is 2. The molecule has 37 heavy (non-hydrogen) atoms. The van der Waals surface area contributed by atoms with E-state index in [4.69, 9.17) is 11.5 Å². The van der Waals surface area contributed by atoms with Crippen LogP contribution in [0, 0.1) is 13.8 Å². The molecule has 2 saturated heterocycles. The summed E-state index contributed by atoms with van der Waals surface area (Å²) in [5.74, 6) is 0.0899. The molecular formula is C25H30IN9O2. The fourth-order valence-corrected chi connectivity index (χ4v) is 5.52. The number of piperidine rings is 1. The lowest BCUT2D eigenvalue weighted by molar-refractivity contribution is -0.132. The zero-order chi connectivity index (χ0) is 26.3. The predicted molar refractivity (Wildman–Crippen MR) is 152 cm³/mol.